The Labute approximate surface area is 130 Å². The van der Waals surface area contributed by atoms with Crippen LogP contribution in [0.5, 0.6) is 5.75 Å². The van der Waals surface area contributed by atoms with Gasteiger partial charge in [0.15, 0.2) is 0 Å². The van der Waals surface area contributed by atoms with Crippen LogP contribution in [0.1, 0.15) is 20.7 Å². The smallest absolute Gasteiger partial charge is 0.273 e. The normalized spacial score (nSPS) is 10.0. The molecule has 21 heavy (non-hydrogen) atoms. The van der Waals surface area contributed by atoms with Crippen molar-refractivity contribution in [2.75, 3.05) is 0 Å². The summed E-state index contributed by atoms with van der Waals surface area (Å²) in [6, 6.07) is 10.3. The molecular formula is C14H10Cl2N2O3. The molecule has 0 spiro atoms. The largest absolute Gasteiger partial charge is 0.507 e. The Bertz CT molecular complexity index is 684. The summed E-state index contributed by atoms with van der Waals surface area (Å²) >= 11 is 11.6. The van der Waals surface area contributed by atoms with Crippen molar-refractivity contribution in [3.63, 3.8) is 0 Å². The molecule has 0 heterocycles. The van der Waals surface area contributed by atoms with Gasteiger partial charge in [0, 0.05) is 15.6 Å². The number of amides is 2. The monoisotopic (exact) mass is 324 g/mol. The highest BCUT2D eigenvalue weighted by Gasteiger charge is 2.12. The maximum Gasteiger partial charge on any atom is 0.273 e. The number of hydrogen-bond donors (Lipinski definition) is 3. The van der Waals surface area contributed by atoms with E-state index in [2.05, 4.69) is 10.9 Å². The van der Waals surface area contributed by atoms with E-state index in [-0.39, 0.29) is 16.9 Å². The van der Waals surface area contributed by atoms with E-state index in [1.165, 1.54) is 30.3 Å². The fourth-order valence-electron chi connectivity index (χ4n) is 1.60. The maximum atomic E-state index is 11.9. The van der Waals surface area contributed by atoms with Crippen LogP contribution in [0.15, 0.2) is 42.5 Å². The SMILES string of the molecule is O=C(NNC(=O)c1ccccc1O)c1cc(Cl)cc(Cl)c1. The molecule has 0 unspecified atom stereocenters. The lowest BCUT2D eigenvalue weighted by atomic mass is 10.2. The third-order valence-electron chi connectivity index (χ3n) is 2.56. The van der Waals surface area contributed by atoms with Gasteiger partial charge in [-0.3, -0.25) is 20.4 Å². The van der Waals surface area contributed by atoms with E-state index < -0.39 is 11.8 Å². The van der Waals surface area contributed by atoms with Gasteiger partial charge in [-0.25, -0.2) is 0 Å². The number of carbonyl (C=O) groups excluding carboxylic acids is 2. The molecule has 2 rings (SSSR count). The summed E-state index contributed by atoms with van der Waals surface area (Å²) in [5.74, 6) is -1.41. The number of halogens is 2. The molecule has 0 aliphatic carbocycles. The number of benzene rings is 2. The molecule has 2 aromatic rings. The second-order valence-electron chi connectivity index (χ2n) is 4.08. The van der Waals surface area contributed by atoms with Crippen LogP contribution in [-0.2, 0) is 0 Å². The third-order valence-corrected chi connectivity index (χ3v) is 3.00. The predicted octanol–water partition coefficient (Wildman–Crippen LogP) is 2.77. The molecule has 0 aliphatic heterocycles. The van der Waals surface area contributed by atoms with Crippen LogP contribution in [0.2, 0.25) is 10.0 Å². The minimum Gasteiger partial charge on any atom is -0.507 e. The highest BCUT2D eigenvalue weighted by atomic mass is 35.5. The van der Waals surface area contributed by atoms with Gasteiger partial charge in [0.05, 0.1) is 5.56 Å². The Morgan fingerprint density at radius 3 is 2.10 bits per heavy atom. The van der Waals surface area contributed by atoms with Gasteiger partial charge in [0.2, 0.25) is 0 Å². The molecule has 3 N–H and O–H groups in total. The number of phenols is 1. The van der Waals surface area contributed by atoms with E-state index in [1.54, 1.807) is 12.1 Å². The van der Waals surface area contributed by atoms with E-state index in [1.807, 2.05) is 0 Å². The van der Waals surface area contributed by atoms with Crippen molar-refractivity contribution in [2.24, 2.45) is 0 Å². The van der Waals surface area contributed by atoms with Crippen LogP contribution < -0.4 is 10.9 Å². The predicted molar refractivity (Wildman–Crippen MR) is 79.5 cm³/mol. The number of carbonyl (C=O) groups is 2. The van der Waals surface area contributed by atoms with Crippen molar-refractivity contribution in [2.45, 2.75) is 0 Å². The molecule has 0 atom stereocenters. The molecule has 0 bridgehead atoms. The van der Waals surface area contributed by atoms with Gasteiger partial charge in [-0.15, -0.1) is 0 Å². The second kappa shape index (κ2) is 6.47. The van der Waals surface area contributed by atoms with Crippen molar-refractivity contribution in [3.05, 3.63) is 63.6 Å². The summed E-state index contributed by atoms with van der Waals surface area (Å²) in [5.41, 5.74) is 4.65. The number of hydrogen-bond acceptors (Lipinski definition) is 3. The van der Waals surface area contributed by atoms with Crippen LogP contribution in [0.3, 0.4) is 0 Å². The lowest BCUT2D eigenvalue weighted by Crippen LogP contribution is -2.41. The first kappa shape index (κ1) is 15.2. The highest BCUT2D eigenvalue weighted by Crippen LogP contribution is 2.19. The average Bonchev–Trinajstić information content (AvgIpc) is 2.43. The Hall–Kier alpha value is -2.24. The fourth-order valence-corrected chi connectivity index (χ4v) is 2.13. The first-order valence-corrected chi connectivity index (χ1v) is 6.58. The van der Waals surface area contributed by atoms with Gasteiger partial charge >= 0.3 is 0 Å². The quantitative estimate of drug-likeness (QED) is 0.743. The van der Waals surface area contributed by atoms with Crippen molar-refractivity contribution in [3.8, 4) is 5.75 Å². The van der Waals surface area contributed by atoms with Crippen molar-refractivity contribution in [1.82, 2.24) is 10.9 Å². The molecule has 0 radical (unpaired) electrons. The standard InChI is InChI=1S/C14H10Cl2N2O3/c15-9-5-8(6-10(16)7-9)13(20)17-18-14(21)11-3-1-2-4-12(11)19/h1-7,19H,(H,17,20)(H,18,21). The van der Waals surface area contributed by atoms with Gasteiger partial charge in [-0.2, -0.15) is 0 Å². The Morgan fingerprint density at radius 1 is 0.905 bits per heavy atom. The summed E-state index contributed by atoms with van der Waals surface area (Å²) in [7, 11) is 0. The molecular weight excluding hydrogens is 315 g/mol. The highest BCUT2D eigenvalue weighted by molar-refractivity contribution is 6.35. The van der Waals surface area contributed by atoms with Crippen LogP contribution in [-0.4, -0.2) is 16.9 Å². The van der Waals surface area contributed by atoms with E-state index >= 15 is 0 Å². The molecule has 0 fully saturated rings. The summed E-state index contributed by atoms with van der Waals surface area (Å²) in [4.78, 5) is 23.7. The van der Waals surface area contributed by atoms with E-state index in [0.29, 0.717) is 10.0 Å². The van der Waals surface area contributed by atoms with E-state index in [4.69, 9.17) is 23.2 Å². The zero-order chi connectivity index (χ0) is 15.4. The van der Waals surface area contributed by atoms with E-state index in [9.17, 15) is 14.7 Å². The van der Waals surface area contributed by atoms with Gasteiger partial charge in [0.25, 0.3) is 11.8 Å². The molecule has 2 aromatic carbocycles. The van der Waals surface area contributed by atoms with E-state index in [0.717, 1.165) is 0 Å². The Morgan fingerprint density at radius 2 is 1.48 bits per heavy atom. The van der Waals surface area contributed by atoms with Crippen LogP contribution in [0, 0.1) is 0 Å². The lowest BCUT2D eigenvalue weighted by molar-refractivity contribution is 0.0845. The van der Waals surface area contributed by atoms with Gasteiger partial charge in [-0.05, 0) is 30.3 Å². The summed E-state index contributed by atoms with van der Waals surface area (Å²) in [5, 5.41) is 10.1. The molecule has 0 saturated heterocycles. The van der Waals surface area contributed by atoms with Crippen molar-refractivity contribution < 1.29 is 14.7 Å². The third kappa shape index (κ3) is 3.87. The number of nitrogens with one attached hydrogen (secondary N) is 2. The Balaban J connectivity index is 2.04. The molecule has 0 saturated carbocycles. The molecule has 108 valence electrons. The summed E-state index contributed by atoms with van der Waals surface area (Å²) in [6.07, 6.45) is 0. The van der Waals surface area contributed by atoms with Gasteiger partial charge < -0.3 is 5.11 Å². The fraction of sp³-hybridized carbons (Fsp3) is 0. The maximum absolute atomic E-state index is 11.9. The molecule has 2 amide bonds. The zero-order valence-electron chi connectivity index (χ0n) is 10.6. The molecule has 5 nitrogen and oxygen atoms in total. The van der Waals surface area contributed by atoms with Crippen molar-refractivity contribution in [1.29, 1.82) is 0 Å². The molecule has 0 aromatic heterocycles. The first-order chi connectivity index (χ1) is 9.97. The minimum atomic E-state index is -0.644. The Kier molecular flexibility index (Phi) is 4.67. The molecule has 0 aliphatic rings. The second-order valence-corrected chi connectivity index (χ2v) is 4.96. The minimum absolute atomic E-state index is 0.0435. The lowest BCUT2D eigenvalue weighted by Gasteiger charge is -2.09. The number of rotatable bonds is 2. The summed E-state index contributed by atoms with van der Waals surface area (Å²) in [6.45, 7) is 0. The summed E-state index contributed by atoms with van der Waals surface area (Å²) < 4.78 is 0. The average molecular weight is 325 g/mol. The first-order valence-electron chi connectivity index (χ1n) is 5.82. The topological polar surface area (TPSA) is 78.4 Å². The number of phenolic OH excluding ortho intramolecular Hbond substituents is 1. The van der Waals surface area contributed by atoms with Crippen molar-refractivity contribution >= 4 is 35.0 Å². The van der Waals surface area contributed by atoms with Gasteiger partial charge in [-0.1, -0.05) is 35.3 Å². The van der Waals surface area contributed by atoms with Gasteiger partial charge in [0.1, 0.15) is 5.75 Å². The van der Waals surface area contributed by atoms with Crippen LogP contribution in [0.4, 0.5) is 0 Å². The van der Waals surface area contributed by atoms with Crippen LogP contribution in [0.25, 0.3) is 0 Å². The number of aromatic hydroxyl groups is 1. The molecule has 7 heteroatoms. The van der Waals surface area contributed by atoms with Crippen LogP contribution >= 0.6 is 23.2 Å². The number of para-hydroxylation sites is 1. The number of hydrazine groups is 1. The zero-order valence-corrected chi connectivity index (χ0v) is 12.1.